The third-order valence-electron chi connectivity index (χ3n) is 1.08. The first-order valence-corrected chi connectivity index (χ1v) is 6.43. The SMILES string of the molecule is CC.Oc1c(Cl)cc(Br)cc1SCl. The maximum absolute atomic E-state index is 9.26. The monoisotopic (exact) mass is 302 g/mol. The van der Waals surface area contributed by atoms with E-state index in [-0.39, 0.29) is 5.75 Å². The number of hydrogen-bond acceptors (Lipinski definition) is 2. The fourth-order valence-corrected chi connectivity index (χ4v) is 2.33. The van der Waals surface area contributed by atoms with E-state index in [2.05, 4.69) is 15.9 Å². The molecule has 0 radical (unpaired) electrons. The fourth-order valence-electron chi connectivity index (χ4n) is 0.601. The van der Waals surface area contributed by atoms with E-state index in [1.165, 1.54) is 0 Å². The quantitative estimate of drug-likeness (QED) is 0.780. The first-order chi connectivity index (χ1) is 6.15. The van der Waals surface area contributed by atoms with Gasteiger partial charge in [-0.1, -0.05) is 41.4 Å². The lowest BCUT2D eigenvalue weighted by Crippen LogP contribution is -1.73. The second kappa shape index (κ2) is 6.82. The Bertz CT molecular complexity index is 281. The molecule has 1 aromatic rings. The van der Waals surface area contributed by atoms with Crippen molar-refractivity contribution in [3.8, 4) is 5.75 Å². The van der Waals surface area contributed by atoms with Crippen LogP contribution in [0.5, 0.6) is 5.75 Å². The molecule has 0 fully saturated rings. The zero-order valence-electron chi connectivity index (χ0n) is 7.14. The van der Waals surface area contributed by atoms with Crippen molar-refractivity contribution < 1.29 is 5.11 Å². The molecule has 74 valence electrons. The molecule has 0 saturated heterocycles. The van der Waals surface area contributed by atoms with Crippen LogP contribution in [0.25, 0.3) is 0 Å². The molecule has 0 aliphatic heterocycles. The van der Waals surface area contributed by atoms with Crippen molar-refractivity contribution in [3.05, 3.63) is 21.6 Å². The van der Waals surface area contributed by atoms with E-state index >= 15 is 0 Å². The molecule has 13 heavy (non-hydrogen) atoms. The zero-order valence-corrected chi connectivity index (χ0v) is 11.1. The van der Waals surface area contributed by atoms with Gasteiger partial charge in [-0.05, 0) is 33.8 Å². The largest absolute Gasteiger partial charge is 0.505 e. The molecule has 0 spiro atoms. The average Bonchev–Trinajstić information content (AvgIpc) is 2.14. The Labute approximate surface area is 100 Å². The number of phenolic OH excluding ortho intramolecular Hbond substituents is 1. The first-order valence-electron chi connectivity index (χ1n) is 3.61. The highest BCUT2D eigenvalue weighted by molar-refractivity contribution is 9.10. The topological polar surface area (TPSA) is 20.2 Å². The van der Waals surface area contributed by atoms with Gasteiger partial charge in [0.2, 0.25) is 0 Å². The van der Waals surface area contributed by atoms with E-state index in [9.17, 15) is 5.11 Å². The number of benzene rings is 1. The molecule has 0 saturated carbocycles. The molecule has 0 amide bonds. The van der Waals surface area contributed by atoms with Crippen molar-refractivity contribution in [2.75, 3.05) is 0 Å². The Morgan fingerprint density at radius 2 is 1.92 bits per heavy atom. The molecular weight excluding hydrogens is 295 g/mol. The van der Waals surface area contributed by atoms with Crippen molar-refractivity contribution in [1.29, 1.82) is 0 Å². The lowest BCUT2D eigenvalue weighted by atomic mass is 10.3. The number of hydrogen-bond donors (Lipinski definition) is 1. The minimum atomic E-state index is 0.0230. The molecule has 0 aromatic heterocycles. The summed E-state index contributed by atoms with van der Waals surface area (Å²) in [5.41, 5.74) is 0. The molecule has 5 heteroatoms. The van der Waals surface area contributed by atoms with Crippen molar-refractivity contribution in [2.24, 2.45) is 0 Å². The van der Waals surface area contributed by atoms with Gasteiger partial charge in [-0.3, -0.25) is 0 Å². The van der Waals surface area contributed by atoms with Crippen LogP contribution in [0, 0.1) is 0 Å². The van der Waals surface area contributed by atoms with E-state index in [0.29, 0.717) is 9.92 Å². The summed E-state index contributed by atoms with van der Waals surface area (Å²) in [6.45, 7) is 4.00. The van der Waals surface area contributed by atoms with Gasteiger partial charge in [0.25, 0.3) is 0 Å². The number of halogens is 3. The Morgan fingerprint density at radius 3 is 2.38 bits per heavy atom. The Morgan fingerprint density at radius 1 is 1.38 bits per heavy atom. The smallest absolute Gasteiger partial charge is 0.149 e. The van der Waals surface area contributed by atoms with E-state index in [4.69, 9.17) is 22.3 Å². The minimum Gasteiger partial charge on any atom is -0.505 e. The van der Waals surface area contributed by atoms with Crippen LogP contribution in [0.3, 0.4) is 0 Å². The molecule has 0 heterocycles. The van der Waals surface area contributed by atoms with E-state index < -0.39 is 0 Å². The van der Waals surface area contributed by atoms with Crippen molar-refractivity contribution in [3.63, 3.8) is 0 Å². The summed E-state index contributed by atoms with van der Waals surface area (Å²) in [4.78, 5) is 0.547. The van der Waals surface area contributed by atoms with E-state index in [1.54, 1.807) is 12.1 Å². The molecule has 0 aliphatic rings. The molecule has 0 unspecified atom stereocenters. The Balaban J connectivity index is 0.000000671. The molecule has 1 aromatic carbocycles. The maximum Gasteiger partial charge on any atom is 0.149 e. The van der Waals surface area contributed by atoms with Crippen LogP contribution in [-0.2, 0) is 0 Å². The summed E-state index contributed by atoms with van der Waals surface area (Å²) in [5, 5.41) is 9.56. The normalized spacial score (nSPS) is 9.00. The summed E-state index contributed by atoms with van der Waals surface area (Å²) in [5.74, 6) is 0.0230. The Hall–Kier alpha value is 0.430. The van der Waals surface area contributed by atoms with Crippen LogP contribution in [0.2, 0.25) is 5.02 Å². The van der Waals surface area contributed by atoms with Crippen molar-refractivity contribution >= 4 is 49.2 Å². The molecule has 1 N–H and O–H groups in total. The van der Waals surface area contributed by atoms with E-state index in [1.807, 2.05) is 13.8 Å². The second-order valence-corrected chi connectivity index (χ2v) is 4.19. The zero-order chi connectivity index (χ0) is 10.4. The number of rotatable bonds is 1. The number of aromatic hydroxyl groups is 1. The van der Waals surface area contributed by atoms with Crippen LogP contribution in [-0.4, -0.2) is 5.11 Å². The second-order valence-electron chi connectivity index (χ2n) is 1.81. The highest BCUT2D eigenvalue weighted by Gasteiger charge is 2.06. The van der Waals surface area contributed by atoms with Gasteiger partial charge in [-0.15, -0.1) is 0 Å². The lowest BCUT2D eigenvalue weighted by molar-refractivity contribution is 0.463. The standard InChI is InChI=1S/C6H3BrCl2OS.C2H6/c7-3-1-4(8)6(10)5(2-3)11-9;1-2/h1-2,10H;1-2H3. The summed E-state index contributed by atoms with van der Waals surface area (Å²) in [6, 6.07) is 3.30. The first kappa shape index (κ1) is 13.4. The van der Waals surface area contributed by atoms with Gasteiger partial charge >= 0.3 is 0 Å². The van der Waals surface area contributed by atoms with Gasteiger partial charge in [-0.25, -0.2) is 0 Å². The van der Waals surface area contributed by atoms with Crippen molar-refractivity contribution in [1.82, 2.24) is 0 Å². The van der Waals surface area contributed by atoms with Crippen LogP contribution in [0.4, 0.5) is 0 Å². The Kier molecular flexibility index (Phi) is 7.05. The minimum absolute atomic E-state index is 0.0230. The summed E-state index contributed by atoms with van der Waals surface area (Å²) < 4.78 is 0.795. The maximum atomic E-state index is 9.26. The molecule has 1 nitrogen and oxygen atoms in total. The van der Waals surface area contributed by atoms with Gasteiger partial charge in [0, 0.05) is 4.47 Å². The van der Waals surface area contributed by atoms with Gasteiger partial charge in [0.1, 0.15) is 5.75 Å². The highest BCUT2D eigenvalue weighted by atomic mass is 79.9. The molecule has 1 rings (SSSR count). The fraction of sp³-hybridized carbons (Fsp3) is 0.250. The van der Waals surface area contributed by atoms with Gasteiger partial charge in [-0.2, -0.15) is 0 Å². The summed E-state index contributed by atoms with van der Waals surface area (Å²) in [7, 11) is 6.38. The number of phenols is 1. The molecule has 0 aliphatic carbocycles. The van der Waals surface area contributed by atoms with Crippen LogP contribution < -0.4 is 0 Å². The van der Waals surface area contributed by atoms with Gasteiger partial charge in [0.05, 0.1) is 9.92 Å². The third-order valence-corrected chi connectivity index (χ3v) is 2.80. The van der Waals surface area contributed by atoms with Crippen LogP contribution in [0.1, 0.15) is 13.8 Å². The van der Waals surface area contributed by atoms with Crippen molar-refractivity contribution in [2.45, 2.75) is 18.7 Å². The third kappa shape index (κ3) is 3.98. The lowest BCUT2D eigenvalue weighted by Gasteiger charge is -2.01. The van der Waals surface area contributed by atoms with Gasteiger partial charge in [0.15, 0.2) is 0 Å². The molecular formula is C8H9BrCl2OS. The predicted molar refractivity (Wildman–Crippen MR) is 63.9 cm³/mol. The average molecular weight is 304 g/mol. The van der Waals surface area contributed by atoms with Crippen LogP contribution >= 0.6 is 49.2 Å². The molecule has 0 bridgehead atoms. The van der Waals surface area contributed by atoms with Gasteiger partial charge < -0.3 is 5.11 Å². The van der Waals surface area contributed by atoms with E-state index in [0.717, 1.165) is 15.4 Å². The highest BCUT2D eigenvalue weighted by Crippen LogP contribution is 2.38. The predicted octanol–water partition coefficient (Wildman–Crippen LogP) is 5.08. The summed E-state index contributed by atoms with van der Waals surface area (Å²) >= 11 is 8.87. The van der Waals surface area contributed by atoms with Crippen LogP contribution in [0.15, 0.2) is 21.5 Å². The molecule has 0 atom stereocenters. The summed E-state index contributed by atoms with van der Waals surface area (Å²) in [6.07, 6.45) is 0.